The molecular formula is C33H29NO12. The summed E-state index contributed by atoms with van der Waals surface area (Å²) in [5, 5.41) is 0. The molecule has 0 N–H and O–H groups in total. The minimum atomic E-state index is -1.59. The van der Waals surface area contributed by atoms with E-state index in [9.17, 15) is 28.8 Å². The van der Waals surface area contributed by atoms with E-state index in [0.717, 1.165) is 18.7 Å². The van der Waals surface area contributed by atoms with E-state index in [-0.39, 0.29) is 22.3 Å². The van der Waals surface area contributed by atoms with Crippen LogP contribution in [-0.2, 0) is 38.0 Å². The van der Waals surface area contributed by atoms with Gasteiger partial charge < -0.3 is 28.4 Å². The van der Waals surface area contributed by atoms with Gasteiger partial charge in [0.1, 0.15) is 19.4 Å². The predicted molar refractivity (Wildman–Crippen MR) is 155 cm³/mol. The highest BCUT2D eigenvalue weighted by molar-refractivity contribution is 6.21. The summed E-state index contributed by atoms with van der Waals surface area (Å²) in [6, 6.07) is 22.2. The van der Waals surface area contributed by atoms with Crippen molar-refractivity contribution in [2.75, 3.05) is 13.3 Å². The molecule has 0 aliphatic carbocycles. The summed E-state index contributed by atoms with van der Waals surface area (Å²) < 4.78 is 34.1. The highest BCUT2D eigenvalue weighted by Crippen LogP contribution is 2.31. The highest BCUT2D eigenvalue weighted by atomic mass is 16.7. The second-order valence-corrected chi connectivity index (χ2v) is 10.3. The molecule has 5 atom stereocenters. The average Bonchev–Trinajstić information content (AvgIpc) is 3.30. The first-order valence-electron chi connectivity index (χ1n) is 14.2. The second-order valence-electron chi connectivity index (χ2n) is 10.3. The standard InChI is InChI=1S/C33H29NO12/c1-19(35)43-27-26(46-32(40)22-13-7-4-8-14-22)25(17-41-31(39)21-11-5-3-6-12-21)45-33(28(27)44-20(2)36)42-18-34-29(37)23-15-9-10-16-24(23)30(34)38/h3-16,25-28,33H,17-18H2,1-2H3/t25-,26-,27+,28+,33+/m1/s1. The van der Waals surface area contributed by atoms with Crippen LogP contribution in [0.25, 0.3) is 0 Å². The third kappa shape index (κ3) is 7.11. The number of fused-ring (bicyclic) bond motifs is 1. The third-order valence-electron chi connectivity index (χ3n) is 7.08. The molecule has 0 unspecified atom stereocenters. The van der Waals surface area contributed by atoms with Gasteiger partial charge in [0.2, 0.25) is 6.29 Å². The van der Waals surface area contributed by atoms with Crippen molar-refractivity contribution >= 4 is 35.7 Å². The Hall–Kier alpha value is -5.40. The third-order valence-corrected chi connectivity index (χ3v) is 7.08. The van der Waals surface area contributed by atoms with Gasteiger partial charge in [-0.25, -0.2) is 14.5 Å². The van der Waals surface area contributed by atoms with Gasteiger partial charge in [-0.2, -0.15) is 0 Å². The monoisotopic (exact) mass is 631 g/mol. The topological polar surface area (TPSA) is 161 Å². The second kappa shape index (κ2) is 14.1. The van der Waals surface area contributed by atoms with Crippen LogP contribution in [0.3, 0.4) is 0 Å². The van der Waals surface area contributed by atoms with Crippen LogP contribution in [0, 0.1) is 0 Å². The van der Waals surface area contributed by atoms with Crippen molar-refractivity contribution in [2.45, 2.75) is 44.6 Å². The lowest BCUT2D eigenvalue weighted by Gasteiger charge is -2.44. The highest BCUT2D eigenvalue weighted by Gasteiger charge is 2.53. The summed E-state index contributed by atoms with van der Waals surface area (Å²) >= 11 is 0. The summed E-state index contributed by atoms with van der Waals surface area (Å²) in [5.74, 6) is -4.48. The maximum Gasteiger partial charge on any atom is 0.338 e. The summed E-state index contributed by atoms with van der Waals surface area (Å²) in [6.45, 7) is 1.00. The van der Waals surface area contributed by atoms with Gasteiger partial charge in [-0.05, 0) is 36.4 Å². The number of rotatable bonds is 10. The number of hydrogen-bond donors (Lipinski definition) is 0. The molecule has 2 heterocycles. The van der Waals surface area contributed by atoms with Gasteiger partial charge in [-0.1, -0.05) is 48.5 Å². The van der Waals surface area contributed by atoms with Gasteiger partial charge in [0.05, 0.1) is 22.3 Å². The first kappa shape index (κ1) is 32.0. The Morgan fingerprint density at radius 3 is 1.70 bits per heavy atom. The lowest BCUT2D eigenvalue weighted by atomic mass is 9.98. The van der Waals surface area contributed by atoms with E-state index in [1.54, 1.807) is 48.5 Å². The van der Waals surface area contributed by atoms with Crippen molar-refractivity contribution in [3.8, 4) is 0 Å². The van der Waals surface area contributed by atoms with E-state index in [4.69, 9.17) is 28.4 Å². The number of imide groups is 1. The summed E-state index contributed by atoms with van der Waals surface area (Å²) in [5.41, 5.74) is 0.725. The van der Waals surface area contributed by atoms with Crippen LogP contribution in [0.4, 0.5) is 0 Å². The van der Waals surface area contributed by atoms with Crippen molar-refractivity contribution in [2.24, 2.45) is 0 Å². The van der Waals surface area contributed by atoms with Gasteiger partial charge in [0.25, 0.3) is 11.8 Å². The number of carbonyl (C=O) groups excluding carboxylic acids is 6. The van der Waals surface area contributed by atoms with E-state index in [2.05, 4.69) is 0 Å². The number of carbonyl (C=O) groups is 6. The fourth-order valence-electron chi connectivity index (χ4n) is 5.02. The van der Waals surface area contributed by atoms with Crippen LogP contribution in [0.5, 0.6) is 0 Å². The molecule has 238 valence electrons. The van der Waals surface area contributed by atoms with Crippen LogP contribution >= 0.6 is 0 Å². The van der Waals surface area contributed by atoms with Gasteiger partial charge >= 0.3 is 23.9 Å². The van der Waals surface area contributed by atoms with Crippen molar-refractivity contribution in [3.63, 3.8) is 0 Å². The smallest absolute Gasteiger partial charge is 0.338 e. The minimum Gasteiger partial charge on any atom is -0.459 e. The van der Waals surface area contributed by atoms with Crippen molar-refractivity contribution in [1.82, 2.24) is 4.90 Å². The van der Waals surface area contributed by atoms with Gasteiger partial charge in [0, 0.05) is 13.8 Å². The summed E-state index contributed by atoms with van der Waals surface area (Å²) in [7, 11) is 0. The Balaban J connectivity index is 1.45. The molecule has 3 aromatic carbocycles. The molecule has 13 heteroatoms. The first-order valence-corrected chi connectivity index (χ1v) is 14.2. The Kier molecular flexibility index (Phi) is 9.84. The Morgan fingerprint density at radius 1 is 0.652 bits per heavy atom. The Morgan fingerprint density at radius 2 is 1.15 bits per heavy atom. The van der Waals surface area contributed by atoms with Gasteiger partial charge in [0.15, 0.2) is 18.3 Å². The molecule has 1 saturated heterocycles. The molecule has 0 bridgehead atoms. The van der Waals surface area contributed by atoms with E-state index in [0.29, 0.717) is 0 Å². The van der Waals surface area contributed by atoms with Crippen LogP contribution in [0.1, 0.15) is 55.3 Å². The molecule has 0 aromatic heterocycles. The molecule has 46 heavy (non-hydrogen) atoms. The normalized spacial score (nSPS) is 22.0. The summed E-state index contributed by atoms with van der Waals surface area (Å²) in [6.07, 6.45) is -7.50. The maximum atomic E-state index is 13.2. The lowest BCUT2D eigenvalue weighted by molar-refractivity contribution is -0.308. The average molecular weight is 632 g/mol. The van der Waals surface area contributed by atoms with Crippen molar-refractivity contribution < 1.29 is 57.2 Å². The zero-order chi connectivity index (χ0) is 32.8. The van der Waals surface area contributed by atoms with Crippen LogP contribution < -0.4 is 0 Å². The summed E-state index contributed by atoms with van der Waals surface area (Å²) in [4.78, 5) is 77.3. The molecule has 2 amide bonds. The number of esters is 4. The zero-order valence-electron chi connectivity index (χ0n) is 24.7. The molecule has 3 aromatic rings. The number of ether oxygens (including phenoxy) is 6. The number of benzene rings is 3. The fraction of sp³-hybridized carbons (Fsp3) is 0.273. The zero-order valence-corrected chi connectivity index (χ0v) is 24.7. The van der Waals surface area contributed by atoms with Crippen molar-refractivity contribution in [1.29, 1.82) is 0 Å². The van der Waals surface area contributed by atoms with Crippen LogP contribution in [-0.4, -0.2) is 84.6 Å². The lowest BCUT2D eigenvalue weighted by Crippen LogP contribution is -2.63. The largest absolute Gasteiger partial charge is 0.459 e. The van der Waals surface area contributed by atoms with E-state index in [1.165, 1.54) is 36.4 Å². The minimum absolute atomic E-state index is 0.150. The first-order chi connectivity index (χ1) is 22.1. The van der Waals surface area contributed by atoms with Crippen molar-refractivity contribution in [3.05, 3.63) is 107 Å². The van der Waals surface area contributed by atoms with Crippen LogP contribution in [0.2, 0.25) is 0 Å². The van der Waals surface area contributed by atoms with Gasteiger partial charge in [-0.3, -0.25) is 19.2 Å². The molecule has 13 nitrogen and oxygen atoms in total. The number of hydrogen-bond acceptors (Lipinski definition) is 12. The van der Waals surface area contributed by atoms with Gasteiger partial charge in [-0.15, -0.1) is 0 Å². The van der Waals surface area contributed by atoms with E-state index in [1.807, 2.05) is 0 Å². The molecular weight excluding hydrogens is 602 g/mol. The number of amides is 2. The van der Waals surface area contributed by atoms with Crippen LogP contribution in [0.15, 0.2) is 84.9 Å². The Bertz CT molecular complexity index is 1590. The molecule has 0 saturated carbocycles. The Labute approximate surface area is 262 Å². The molecule has 0 spiro atoms. The maximum absolute atomic E-state index is 13.2. The molecule has 2 aliphatic heterocycles. The SMILES string of the molecule is CC(=O)O[C@@H]1[C@H](OC(C)=O)[C@@H](OCN2C(=O)c3ccccc3C2=O)O[C@H](COC(=O)c2ccccc2)[C@H]1OC(=O)c1ccccc1. The molecule has 1 fully saturated rings. The van der Waals surface area contributed by atoms with E-state index < -0.39 is 79.7 Å². The number of nitrogens with zero attached hydrogens (tertiary/aromatic N) is 1. The molecule has 0 radical (unpaired) electrons. The predicted octanol–water partition coefficient (Wildman–Crippen LogP) is 2.93. The van der Waals surface area contributed by atoms with E-state index >= 15 is 0 Å². The quantitative estimate of drug-likeness (QED) is 0.183. The fourth-order valence-corrected chi connectivity index (χ4v) is 5.02. The molecule has 5 rings (SSSR count). The molecule has 2 aliphatic rings.